The first-order chi connectivity index (χ1) is 8.75. The quantitative estimate of drug-likeness (QED) is 0.733. The first kappa shape index (κ1) is 13.8. The van der Waals surface area contributed by atoms with Crippen LogP contribution < -0.4 is 0 Å². The number of benzene rings is 2. The third kappa shape index (κ3) is 2.58. The summed E-state index contributed by atoms with van der Waals surface area (Å²) < 4.78 is 1.06. The van der Waals surface area contributed by atoms with Gasteiger partial charge in [-0.25, -0.2) is 9.78 Å². The number of carboxylic acid groups (broad SMARTS) is 1. The molecule has 3 aromatic rings. The van der Waals surface area contributed by atoms with Gasteiger partial charge in [0.2, 0.25) is 0 Å². The van der Waals surface area contributed by atoms with E-state index in [1.54, 1.807) is 18.2 Å². The number of carboxylic acids is 1. The Hall–Kier alpha value is -1.58. The van der Waals surface area contributed by atoms with Gasteiger partial charge in [0.05, 0.1) is 15.8 Å². The molecule has 0 spiro atoms. The van der Waals surface area contributed by atoms with Crippen molar-refractivity contribution in [2.75, 3.05) is 0 Å². The summed E-state index contributed by atoms with van der Waals surface area (Å²) in [6.07, 6.45) is 0. The van der Waals surface area contributed by atoms with E-state index >= 15 is 0 Å². The SMILES string of the molecule is O=C(O)c1ccccc1-c1nc2ccccc2s1.[Zn]. The number of carbonyl (C=O) groups is 1. The number of rotatable bonds is 2. The Kier molecular flexibility index (Phi) is 4.08. The molecule has 0 aliphatic rings. The van der Waals surface area contributed by atoms with Crippen LogP contribution in [0.1, 0.15) is 10.4 Å². The summed E-state index contributed by atoms with van der Waals surface area (Å²) in [6, 6.07) is 14.7. The zero-order valence-electron chi connectivity index (χ0n) is 10.0. The van der Waals surface area contributed by atoms with Gasteiger partial charge in [0.25, 0.3) is 0 Å². The van der Waals surface area contributed by atoms with Gasteiger partial charge in [-0.1, -0.05) is 30.3 Å². The second kappa shape index (κ2) is 5.60. The first-order valence-corrected chi connectivity index (χ1v) is 6.25. The molecule has 0 saturated heterocycles. The van der Waals surface area contributed by atoms with Gasteiger partial charge in [-0.2, -0.15) is 0 Å². The largest absolute Gasteiger partial charge is 0.478 e. The zero-order valence-corrected chi connectivity index (χ0v) is 13.8. The van der Waals surface area contributed by atoms with Gasteiger partial charge in [-0.3, -0.25) is 0 Å². The second-order valence-electron chi connectivity index (χ2n) is 3.84. The summed E-state index contributed by atoms with van der Waals surface area (Å²) in [5, 5.41) is 9.92. The molecule has 5 heteroatoms. The van der Waals surface area contributed by atoms with E-state index in [1.165, 1.54) is 11.3 Å². The smallest absolute Gasteiger partial charge is 0.336 e. The molecular formula is C14H9NO2SZn. The maximum absolute atomic E-state index is 11.2. The Bertz CT molecular complexity index is 706. The average Bonchev–Trinajstić information content (AvgIpc) is 2.82. The van der Waals surface area contributed by atoms with Crippen molar-refractivity contribution in [2.45, 2.75) is 0 Å². The monoisotopic (exact) mass is 319 g/mol. The fraction of sp³-hybridized carbons (Fsp3) is 0. The summed E-state index contributed by atoms with van der Waals surface area (Å²) in [7, 11) is 0. The van der Waals surface area contributed by atoms with Crippen LogP contribution in [0, 0.1) is 0 Å². The number of aromatic carboxylic acids is 1. The van der Waals surface area contributed by atoms with E-state index in [0.29, 0.717) is 5.56 Å². The van der Waals surface area contributed by atoms with Crippen molar-refractivity contribution < 1.29 is 29.4 Å². The van der Waals surface area contributed by atoms with Crippen LogP contribution in [0.2, 0.25) is 0 Å². The maximum Gasteiger partial charge on any atom is 0.336 e. The molecule has 3 rings (SSSR count). The molecule has 0 fully saturated rings. The summed E-state index contributed by atoms with van der Waals surface area (Å²) >= 11 is 1.51. The van der Waals surface area contributed by atoms with Gasteiger partial charge in [-0.05, 0) is 18.2 Å². The standard InChI is InChI=1S/C14H9NO2S.Zn/c16-14(17)10-6-2-1-5-9(10)13-15-11-7-3-4-8-12(11)18-13;/h1-8H,(H,16,17);. The van der Waals surface area contributed by atoms with Crippen LogP contribution in [0.5, 0.6) is 0 Å². The third-order valence-corrected chi connectivity index (χ3v) is 3.75. The molecule has 0 radical (unpaired) electrons. The summed E-state index contributed by atoms with van der Waals surface area (Å²) in [5.74, 6) is -0.926. The van der Waals surface area contributed by atoms with E-state index in [0.717, 1.165) is 15.2 Å². The van der Waals surface area contributed by atoms with E-state index < -0.39 is 5.97 Å². The molecule has 0 aliphatic carbocycles. The predicted octanol–water partition coefficient (Wildman–Crippen LogP) is 3.66. The molecule has 19 heavy (non-hydrogen) atoms. The fourth-order valence-corrected chi connectivity index (χ4v) is 2.85. The molecule has 90 valence electrons. The van der Waals surface area contributed by atoms with Gasteiger partial charge in [-0.15, -0.1) is 11.3 Å². The van der Waals surface area contributed by atoms with Crippen LogP contribution in [0.25, 0.3) is 20.8 Å². The van der Waals surface area contributed by atoms with Gasteiger partial charge in [0.1, 0.15) is 5.01 Å². The number of hydrogen-bond donors (Lipinski definition) is 1. The first-order valence-electron chi connectivity index (χ1n) is 5.44. The predicted molar refractivity (Wildman–Crippen MR) is 72.0 cm³/mol. The van der Waals surface area contributed by atoms with E-state index in [1.807, 2.05) is 30.3 Å². The Labute approximate surface area is 126 Å². The number of aromatic nitrogens is 1. The van der Waals surface area contributed by atoms with E-state index in [4.69, 9.17) is 0 Å². The molecule has 0 saturated carbocycles. The van der Waals surface area contributed by atoms with Gasteiger partial charge < -0.3 is 5.11 Å². The van der Waals surface area contributed by atoms with Crippen LogP contribution in [0.15, 0.2) is 48.5 Å². The normalized spacial score (nSPS) is 10.1. The summed E-state index contributed by atoms with van der Waals surface area (Å²) in [4.78, 5) is 15.7. The van der Waals surface area contributed by atoms with E-state index in [-0.39, 0.29) is 25.0 Å². The van der Waals surface area contributed by atoms with Crippen molar-refractivity contribution >= 4 is 27.5 Å². The number of thiazole rings is 1. The van der Waals surface area contributed by atoms with Crippen LogP contribution in [0.4, 0.5) is 0 Å². The van der Waals surface area contributed by atoms with E-state index in [9.17, 15) is 9.90 Å². The molecule has 1 N–H and O–H groups in total. The van der Waals surface area contributed by atoms with Crippen molar-refractivity contribution in [3.05, 3.63) is 54.1 Å². The number of hydrogen-bond acceptors (Lipinski definition) is 3. The Balaban J connectivity index is 0.00000133. The van der Waals surface area contributed by atoms with Gasteiger partial charge in [0, 0.05) is 25.0 Å². The number of para-hydroxylation sites is 1. The minimum Gasteiger partial charge on any atom is -0.478 e. The summed E-state index contributed by atoms with van der Waals surface area (Å²) in [6.45, 7) is 0. The average molecular weight is 321 g/mol. The van der Waals surface area contributed by atoms with Crippen LogP contribution in [-0.2, 0) is 19.5 Å². The molecule has 0 amide bonds. The molecule has 0 bridgehead atoms. The molecule has 1 heterocycles. The van der Waals surface area contributed by atoms with Crippen molar-refractivity contribution in [2.24, 2.45) is 0 Å². The van der Waals surface area contributed by atoms with Crippen molar-refractivity contribution in [1.82, 2.24) is 4.98 Å². The zero-order chi connectivity index (χ0) is 12.5. The fourth-order valence-electron chi connectivity index (χ4n) is 1.84. The third-order valence-electron chi connectivity index (χ3n) is 2.68. The Morgan fingerprint density at radius 3 is 2.47 bits per heavy atom. The molecule has 0 aliphatic heterocycles. The molecule has 3 nitrogen and oxygen atoms in total. The van der Waals surface area contributed by atoms with Crippen LogP contribution in [-0.4, -0.2) is 16.1 Å². The van der Waals surface area contributed by atoms with Gasteiger partial charge >= 0.3 is 5.97 Å². The van der Waals surface area contributed by atoms with Crippen LogP contribution in [0.3, 0.4) is 0 Å². The van der Waals surface area contributed by atoms with Crippen LogP contribution >= 0.6 is 11.3 Å². The second-order valence-corrected chi connectivity index (χ2v) is 4.87. The number of fused-ring (bicyclic) bond motifs is 1. The molecular weight excluding hydrogens is 312 g/mol. The van der Waals surface area contributed by atoms with E-state index in [2.05, 4.69) is 4.98 Å². The Morgan fingerprint density at radius 1 is 1.05 bits per heavy atom. The molecule has 1 aromatic heterocycles. The molecule has 0 unspecified atom stereocenters. The molecule has 0 atom stereocenters. The van der Waals surface area contributed by atoms with Gasteiger partial charge in [0.15, 0.2) is 0 Å². The minimum absolute atomic E-state index is 0. The topological polar surface area (TPSA) is 50.2 Å². The van der Waals surface area contributed by atoms with Crippen molar-refractivity contribution in [3.63, 3.8) is 0 Å². The van der Waals surface area contributed by atoms with Crippen molar-refractivity contribution in [3.8, 4) is 10.6 Å². The molecule has 2 aromatic carbocycles. The maximum atomic E-state index is 11.2. The Morgan fingerprint density at radius 2 is 1.74 bits per heavy atom. The summed E-state index contributed by atoms with van der Waals surface area (Å²) in [5.41, 5.74) is 1.86. The number of nitrogens with zero attached hydrogens (tertiary/aromatic N) is 1. The minimum atomic E-state index is -0.926. The van der Waals surface area contributed by atoms with Crippen molar-refractivity contribution in [1.29, 1.82) is 0 Å².